The molecular formula is C11H9Br2FN2O. The molecule has 0 bridgehead atoms. The number of alkyl halides is 1. The van der Waals surface area contributed by atoms with Gasteiger partial charge in [0.05, 0.1) is 14.9 Å². The summed E-state index contributed by atoms with van der Waals surface area (Å²) in [5.74, 6) is 0.455. The van der Waals surface area contributed by atoms with Gasteiger partial charge in [0.15, 0.2) is 0 Å². The van der Waals surface area contributed by atoms with Crippen LogP contribution >= 0.6 is 31.9 Å². The highest BCUT2D eigenvalue weighted by atomic mass is 79.9. The Morgan fingerprint density at radius 1 is 1.41 bits per heavy atom. The average molecular weight is 364 g/mol. The molecule has 0 amide bonds. The Morgan fingerprint density at radius 3 is 2.88 bits per heavy atom. The zero-order valence-corrected chi connectivity index (χ0v) is 12.1. The third kappa shape index (κ3) is 2.57. The second-order valence-corrected chi connectivity index (χ2v) is 5.32. The van der Waals surface area contributed by atoms with Crippen molar-refractivity contribution >= 4 is 31.9 Å². The first-order chi connectivity index (χ1) is 8.13. The lowest BCUT2D eigenvalue weighted by Crippen LogP contribution is -1.86. The number of hydrogen-bond donors (Lipinski definition) is 0. The molecule has 0 aliphatic carbocycles. The van der Waals surface area contributed by atoms with Gasteiger partial charge in [0.1, 0.15) is 5.82 Å². The van der Waals surface area contributed by atoms with Crippen LogP contribution in [0.5, 0.6) is 0 Å². The zero-order valence-electron chi connectivity index (χ0n) is 8.95. The summed E-state index contributed by atoms with van der Waals surface area (Å²) in [6, 6.07) is 4.69. The smallest absolute Gasteiger partial charge is 0.249 e. The van der Waals surface area contributed by atoms with E-state index in [1.807, 2.05) is 6.92 Å². The average Bonchev–Trinajstić information content (AvgIpc) is 2.81. The van der Waals surface area contributed by atoms with Crippen molar-refractivity contribution in [3.8, 4) is 11.5 Å². The zero-order chi connectivity index (χ0) is 12.4. The summed E-state index contributed by atoms with van der Waals surface area (Å²) in [7, 11) is 0. The predicted octanol–water partition coefficient (Wildman–Crippen LogP) is 4.48. The van der Waals surface area contributed by atoms with Gasteiger partial charge in [0.25, 0.3) is 0 Å². The monoisotopic (exact) mass is 362 g/mol. The molecule has 1 aromatic carbocycles. The Labute approximate surface area is 115 Å². The highest BCUT2D eigenvalue weighted by Crippen LogP contribution is 2.32. The van der Waals surface area contributed by atoms with Crippen LogP contribution in [0.4, 0.5) is 4.39 Å². The van der Waals surface area contributed by atoms with Crippen molar-refractivity contribution in [3.63, 3.8) is 0 Å². The fourth-order valence-corrected chi connectivity index (χ4v) is 1.93. The van der Waals surface area contributed by atoms with Gasteiger partial charge in [-0.2, -0.15) is 0 Å². The Morgan fingerprint density at radius 2 is 2.18 bits per heavy atom. The number of rotatable bonds is 3. The summed E-state index contributed by atoms with van der Waals surface area (Å²) in [6.07, 6.45) is 0.839. The molecule has 0 radical (unpaired) electrons. The number of aromatic nitrogens is 2. The van der Waals surface area contributed by atoms with Crippen LogP contribution in [0.2, 0.25) is 0 Å². The van der Waals surface area contributed by atoms with Crippen LogP contribution in [0.1, 0.15) is 24.1 Å². The minimum absolute atomic E-state index is 0.0242. The maximum absolute atomic E-state index is 13.4. The van der Waals surface area contributed by atoms with Crippen molar-refractivity contribution in [3.05, 3.63) is 34.4 Å². The minimum Gasteiger partial charge on any atom is -0.419 e. The molecule has 0 fully saturated rings. The van der Waals surface area contributed by atoms with Gasteiger partial charge in [-0.25, -0.2) is 4.39 Å². The van der Waals surface area contributed by atoms with E-state index >= 15 is 0 Å². The van der Waals surface area contributed by atoms with Gasteiger partial charge < -0.3 is 4.42 Å². The molecule has 0 spiro atoms. The van der Waals surface area contributed by atoms with E-state index in [1.165, 1.54) is 6.07 Å². The molecule has 0 saturated carbocycles. The fourth-order valence-electron chi connectivity index (χ4n) is 1.31. The highest BCUT2D eigenvalue weighted by molar-refractivity contribution is 9.10. The molecule has 90 valence electrons. The topological polar surface area (TPSA) is 38.9 Å². The van der Waals surface area contributed by atoms with Crippen molar-refractivity contribution < 1.29 is 8.81 Å². The quantitative estimate of drug-likeness (QED) is 0.754. The lowest BCUT2D eigenvalue weighted by atomic mass is 10.2. The molecule has 17 heavy (non-hydrogen) atoms. The van der Waals surface area contributed by atoms with Crippen molar-refractivity contribution in [2.24, 2.45) is 0 Å². The number of benzene rings is 1. The van der Waals surface area contributed by atoms with Crippen molar-refractivity contribution in [2.75, 3.05) is 0 Å². The van der Waals surface area contributed by atoms with E-state index in [0.29, 0.717) is 21.8 Å². The molecule has 2 rings (SSSR count). The van der Waals surface area contributed by atoms with Crippen LogP contribution in [0, 0.1) is 5.82 Å². The molecule has 0 N–H and O–H groups in total. The number of nitrogens with zero attached hydrogens (tertiary/aromatic N) is 2. The number of hydrogen-bond acceptors (Lipinski definition) is 3. The van der Waals surface area contributed by atoms with Crippen LogP contribution in [0.15, 0.2) is 27.1 Å². The highest BCUT2D eigenvalue weighted by Gasteiger charge is 2.17. The fraction of sp³-hybridized carbons (Fsp3) is 0.273. The van der Waals surface area contributed by atoms with Gasteiger partial charge in [-0.15, -0.1) is 10.2 Å². The summed E-state index contributed by atoms with van der Waals surface area (Å²) in [4.78, 5) is 0.0242. The normalized spacial score (nSPS) is 12.7. The minimum atomic E-state index is -0.354. The van der Waals surface area contributed by atoms with Crippen molar-refractivity contribution in [1.82, 2.24) is 10.2 Å². The van der Waals surface area contributed by atoms with E-state index in [-0.39, 0.29) is 10.6 Å². The molecule has 1 heterocycles. The van der Waals surface area contributed by atoms with Gasteiger partial charge >= 0.3 is 0 Å². The molecule has 0 aliphatic rings. The second-order valence-electron chi connectivity index (χ2n) is 3.42. The van der Waals surface area contributed by atoms with Crippen LogP contribution in [0.25, 0.3) is 11.5 Å². The molecule has 1 atom stereocenters. The summed E-state index contributed by atoms with van der Waals surface area (Å²) < 4.78 is 19.2. The summed E-state index contributed by atoms with van der Waals surface area (Å²) in [6.45, 7) is 2.00. The Kier molecular flexibility index (Phi) is 3.93. The lowest BCUT2D eigenvalue weighted by molar-refractivity contribution is 0.499. The van der Waals surface area contributed by atoms with E-state index < -0.39 is 0 Å². The SMILES string of the molecule is CCC(Br)c1nnc(-c2cccc(F)c2Br)o1. The summed E-state index contributed by atoms with van der Waals surface area (Å²) in [5, 5.41) is 7.84. The maximum atomic E-state index is 13.4. The van der Waals surface area contributed by atoms with Crippen LogP contribution in [-0.2, 0) is 0 Å². The molecule has 0 aliphatic heterocycles. The maximum Gasteiger partial charge on any atom is 0.249 e. The Balaban J connectivity index is 2.40. The van der Waals surface area contributed by atoms with Crippen LogP contribution in [-0.4, -0.2) is 10.2 Å². The third-order valence-electron chi connectivity index (χ3n) is 2.25. The largest absolute Gasteiger partial charge is 0.419 e. The van der Waals surface area contributed by atoms with E-state index in [9.17, 15) is 4.39 Å². The molecule has 3 nitrogen and oxygen atoms in total. The van der Waals surface area contributed by atoms with Gasteiger partial charge in [-0.1, -0.05) is 28.9 Å². The first-order valence-electron chi connectivity index (χ1n) is 5.05. The van der Waals surface area contributed by atoms with Gasteiger partial charge in [-0.05, 0) is 34.5 Å². The van der Waals surface area contributed by atoms with Gasteiger partial charge in [0.2, 0.25) is 11.8 Å². The lowest BCUT2D eigenvalue weighted by Gasteiger charge is -2.00. The predicted molar refractivity (Wildman–Crippen MR) is 69.4 cm³/mol. The molecular weight excluding hydrogens is 355 g/mol. The van der Waals surface area contributed by atoms with E-state index in [2.05, 4.69) is 42.1 Å². The molecule has 2 aromatic rings. The Bertz CT molecular complexity index is 530. The summed E-state index contributed by atoms with van der Waals surface area (Å²) in [5.41, 5.74) is 0.555. The first kappa shape index (κ1) is 12.7. The molecule has 0 saturated heterocycles. The molecule has 1 unspecified atom stereocenters. The van der Waals surface area contributed by atoms with Crippen LogP contribution in [0.3, 0.4) is 0 Å². The van der Waals surface area contributed by atoms with Crippen molar-refractivity contribution in [2.45, 2.75) is 18.2 Å². The third-order valence-corrected chi connectivity index (χ3v) is 4.09. The number of halogens is 3. The second kappa shape index (κ2) is 5.27. The molecule has 6 heteroatoms. The first-order valence-corrected chi connectivity index (χ1v) is 6.76. The van der Waals surface area contributed by atoms with Gasteiger partial charge in [-0.3, -0.25) is 0 Å². The van der Waals surface area contributed by atoms with E-state index in [0.717, 1.165) is 6.42 Å². The standard InChI is InChI=1S/C11H9Br2FN2O/c1-2-7(12)11-16-15-10(17-11)6-4-3-5-8(14)9(6)13/h3-5,7H,2H2,1H3. The van der Waals surface area contributed by atoms with E-state index in [1.54, 1.807) is 12.1 Å². The summed E-state index contributed by atoms with van der Waals surface area (Å²) >= 11 is 6.59. The van der Waals surface area contributed by atoms with Gasteiger partial charge in [0, 0.05) is 0 Å². The Hall–Kier alpha value is -0.750. The molecule has 1 aromatic heterocycles. The van der Waals surface area contributed by atoms with Crippen LogP contribution < -0.4 is 0 Å². The van der Waals surface area contributed by atoms with E-state index in [4.69, 9.17) is 4.42 Å². The van der Waals surface area contributed by atoms with Crippen molar-refractivity contribution in [1.29, 1.82) is 0 Å².